The number of benzene rings is 3. The van der Waals surface area contributed by atoms with Crippen LogP contribution in [0.25, 0.3) is 32.8 Å². The lowest BCUT2D eigenvalue weighted by molar-refractivity contribution is -0.126. The first-order valence-corrected chi connectivity index (χ1v) is 16.0. The van der Waals surface area contributed by atoms with Crippen LogP contribution in [-0.2, 0) is 4.79 Å². The van der Waals surface area contributed by atoms with E-state index in [4.69, 9.17) is 21.3 Å². The van der Waals surface area contributed by atoms with Crippen molar-refractivity contribution >= 4 is 45.0 Å². The maximum absolute atomic E-state index is 16.9. The molecule has 0 N–H and O–H groups in total. The Bertz CT molecular complexity index is 1880. The number of hydrogen-bond donors (Lipinski definition) is 0. The van der Waals surface area contributed by atoms with Crippen molar-refractivity contribution < 1.29 is 22.7 Å². The molecular formula is C35H35ClF3N5O2. The van der Waals surface area contributed by atoms with Crippen LogP contribution in [0.1, 0.15) is 31.7 Å². The quantitative estimate of drug-likeness (QED) is 0.209. The lowest BCUT2D eigenvalue weighted by Crippen LogP contribution is -2.53. The van der Waals surface area contributed by atoms with Crippen molar-refractivity contribution in [1.29, 1.82) is 0 Å². The zero-order chi connectivity index (χ0) is 32.4. The highest BCUT2D eigenvalue weighted by atomic mass is 35.5. The molecule has 0 bridgehead atoms. The molecule has 0 unspecified atom stereocenters. The average molecular weight is 650 g/mol. The van der Waals surface area contributed by atoms with Crippen LogP contribution in [0, 0.1) is 12.7 Å². The molecule has 0 aliphatic carbocycles. The minimum absolute atomic E-state index is 0.0271. The molecule has 3 saturated heterocycles. The van der Waals surface area contributed by atoms with Crippen LogP contribution >= 0.6 is 11.6 Å². The molecule has 4 aromatic rings. The van der Waals surface area contributed by atoms with Gasteiger partial charge in [0.25, 0.3) is 5.92 Å². The number of carbonyl (C=O) groups is 1. The summed E-state index contributed by atoms with van der Waals surface area (Å²) >= 11 is 6.91. The Kier molecular flexibility index (Phi) is 7.63. The topological polar surface area (TPSA) is 61.8 Å². The summed E-state index contributed by atoms with van der Waals surface area (Å²) in [6.45, 7) is 9.01. The van der Waals surface area contributed by atoms with Gasteiger partial charge in [0.2, 0.25) is 5.91 Å². The summed E-state index contributed by atoms with van der Waals surface area (Å²) in [6.07, 6.45) is 2.37. The van der Waals surface area contributed by atoms with E-state index in [0.717, 1.165) is 22.8 Å². The van der Waals surface area contributed by atoms with Gasteiger partial charge in [-0.2, -0.15) is 9.97 Å². The molecular weight excluding hydrogens is 615 g/mol. The zero-order valence-corrected chi connectivity index (χ0v) is 26.6. The summed E-state index contributed by atoms with van der Waals surface area (Å²) in [5.74, 6) is -3.17. The van der Waals surface area contributed by atoms with Gasteiger partial charge in [-0.15, -0.1) is 0 Å². The third-order valence-corrected chi connectivity index (χ3v) is 10.1. The highest BCUT2D eigenvalue weighted by molar-refractivity contribution is 6.35. The number of hydrogen-bond acceptors (Lipinski definition) is 6. The third kappa shape index (κ3) is 5.15. The molecule has 1 aromatic heterocycles. The first-order valence-electron chi connectivity index (χ1n) is 15.6. The van der Waals surface area contributed by atoms with Gasteiger partial charge in [-0.05, 0) is 67.3 Å². The van der Waals surface area contributed by atoms with Gasteiger partial charge >= 0.3 is 6.01 Å². The molecule has 4 heterocycles. The van der Waals surface area contributed by atoms with E-state index in [1.807, 2.05) is 55.1 Å². The van der Waals surface area contributed by atoms with Crippen molar-refractivity contribution in [1.82, 2.24) is 19.8 Å². The summed E-state index contributed by atoms with van der Waals surface area (Å²) in [5.41, 5.74) is 1.04. The van der Waals surface area contributed by atoms with Crippen molar-refractivity contribution in [2.75, 3.05) is 44.2 Å². The fourth-order valence-electron chi connectivity index (χ4n) is 7.70. The largest absolute Gasteiger partial charge is 0.461 e. The predicted molar refractivity (Wildman–Crippen MR) is 174 cm³/mol. The predicted octanol–water partition coefficient (Wildman–Crippen LogP) is 7.03. The normalized spacial score (nSPS) is 22.9. The Morgan fingerprint density at radius 2 is 1.96 bits per heavy atom. The van der Waals surface area contributed by atoms with Gasteiger partial charge < -0.3 is 14.5 Å². The monoisotopic (exact) mass is 649 g/mol. The van der Waals surface area contributed by atoms with Crippen LogP contribution in [0.15, 0.2) is 55.1 Å². The highest BCUT2D eigenvalue weighted by Gasteiger charge is 2.57. The van der Waals surface area contributed by atoms with E-state index >= 15 is 4.39 Å². The van der Waals surface area contributed by atoms with Crippen LogP contribution in [-0.4, -0.2) is 82.5 Å². The van der Waals surface area contributed by atoms with E-state index in [1.54, 1.807) is 15.9 Å². The van der Waals surface area contributed by atoms with Gasteiger partial charge in [0, 0.05) is 43.0 Å². The number of piperazine rings is 1. The highest BCUT2D eigenvalue weighted by Crippen LogP contribution is 2.47. The van der Waals surface area contributed by atoms with E-state index in [2.05, 4.69) is 11.6 Å². The molecule has 2 atom stereocenters. The third-order valence-electron chi connectivity index (χ3n) is 9.83. The van der Waals surface area contributed by atoms with Gasteiger partial charge in [-0.3, -0.25) is 9.69 Å². The van der Waals surface area contributed by atoms with Gasteiger partial charge in [0.1, 0.15) is 17.9 Å². The lowest BCUT2D eigenvalue weighted by Gasteiger charge is -2.40. The van der Waals surface area contributed by atoms with Crippen LogP contribution in [0.5, 0.6) is 6.01 Å². The number of nitrogens with zero attached hydrogens (tertiary/aromatic N) is 5. The number of anilines is 1. The fraction of sp³-hybridized carbons (Fsp3) is 0.400. The fourth-order valence-corrected chi connectivity index (χ4v) is 7.99. The van der Waals surface area contributed by atoms with Crippen LogP contribution < -0.4 is 9.64 Å². The minimum Gasteiger partial charge on any atom is -0.461 e. The summed E-state index contributed by atoms with van der Waals surface area (Å²) < 4.78 is 52.1. The Morgan fingerprint density at radius 1 is 1.17 bits per heavy atom. The molecule has 3 aliphatic rings. The molecule has 7 rings (SSSR count). The van der Waals surface area contributed by atoms with Gasteiger partial charge in [0.05, 0.1) is 17.1 Å². The second-order valence-electron chi connectivity index (χ2n) is 12.9. The second kappa shape index (κ2) is 11.4. The molecule has 1 amide bonds. The van der Waals surface area contributed by atoms with Crippen molar-refractivity contribution in [3.05, 3.63) is 71.5 Å². The number of carbonyl (C=O) groups excluding carboxylic acids is 1. The Hall–Kier alpha value is -3.89. The first kappa shape index (κ1) is 30.7. The number of fused-ring (bicyclic) bond motifs is 3. The number of rotatable bonds is 6. The number of aryl methyl sites for hydroxylation is 1. The molecule has 7 nitrogen and oxygen atoms in total. The van der Waals surface area contributed by atoms with Crippen molar-refractivity contribution in [3.63, 3.8) is 0 Å². The van der Waals surface area contributed by atoms with Gasteiger partial charge in [-0.25, -0.2) is 13.2 Å². The lowest BCUT2D eigenvalue weighted by atomic mass is 9.94. The minimum atomic E-state index is -2.80. The van der Waals surface area contributed by atoms with E-state index in [9.17, 15) is 13.6 Å². The first-order chi connectivity index (χ1) is 22.0. The van der Waals surface area contributed by atoms with E-state index < -0.39 is 17.3 Å². The van der Waals surface area contributed by atoms with Crippen LogP contribution in [0.2, 0.25) is 5.02 Å². The van der Waals surface area contributed by atoms with E-state index in [0.29, 0.717) is 49.4 Å². The average Bonchev–Trinajstić information content (AvgIpc) is 3.51. The molecule has 240 valence electrons. The molecule has 46 heavy (non-hydrogen) atoms. The van der Waals surface area contributed by atoms with Gasteiger partial charge in [-0.1, -0.05) is 54.6 Å². The van der Waals surface area contributed by atoms with E-state index in [-0.39, 0.29) is 53.6 Å². The summed E-state index contributed by atoms with van der Waals surface area (Å²) in [6, 6.07) is 13.0. The summed E-state index contributed by atoms with van der Waals surface area (Å²) in [5, 5.41) is 2.45. The smallest absolute Gasteiger partial charge is 0.319 e. The SMILES string of the molecule is C=CC(=O)N1CCN(c2nc(OC[C@@]34CCCN3CC(F)(F)C4)nc3c(F)c(-c4cccc5cccc(C)c45)c(Cl)cc23)[C@H](C)C1. The molecule has 3 aliphatic heterocycles. The summed E-state index contributed by atoms with van der Waals surface area (Å²) in [4.78, 5) is 27.2. The molecule has 0 spiro atoms. The van der Waals surface area contributed by atoms with Crippen molar-refractivity contribution in [2.24, 2.45) is 0 Å². The summed E-state index contributed by atoms with van der Waals surface area (Å²) in [7, 11) is 0. The number of aromatic nitrogens is 2. The van der Waals surface area contributed by atoms with E-state index in [1.165, 1.54) is 6.08 Å². The maximum Gasteiger partial charge on any atom is 0.319 e. The number of halogens is 4. The van der Waals surface area contributed by atoms with Crippen molar-refractivity contribution in [3.8, 4) is 17.1 Å². The Labute approximate surface area is 270 Å². The molecule has 11 heteroatoms. The number of alkyl halides is 2. The molecule has 3 aromatic carbocycles. The Balaban J connectivity index is 1.36. The Morgan fingerprint density at radius 3 is 2.72 bits per heavy atom. The molecule has 3 fully saturated rings. The van der Waals surface area contributed by atoms with Crippen LogP contribution in [0.4, 0.5) is 19.0 Å². The second-order valence-corrected chi connectivity index (χ2v) is 13.3. The molecule has 0 radical (unpaired) electrons. The standard InChI is InChI=1S/C35H35ClF3N5O2/c1-4-27(45)42-14-15-44(22(3)17-42)32-25-16-26(36)29(24-11-6-10-23-9-5-8-21(2)28(23)24)30(37)31(25)40-33(41-32)46-20-34-12-7-13-43(34)19-35(38,39)18-34/h4-6,8-11,16,22H,1,7,12-15,17-20H2,2-3H3/t22-,34+/m1/s1. The number of amides is 1. The van der Waals surface area contributed by atoms with Crippen molar-refractivity contribution in [2.45, 2.75) is 50.6 Å². The zero-order valence-electron chi connectivity index (χ0n) is 25.8. The molecule has 0 saturated carbocycles. The maximum atomic E-state index is 16.9. The van der Waals surface area contributed by atoms with Crippen LogP contribution in [0.3, 0.4) is 0 Å². The van der Waals surface area contributed by atoms with Gasteiger partial charge in [0.15, 0.2) is 5.82 Å². The number of ether oxygens (including phenoxy) is 1.